The van der Waals surface area contributed by atoms with Gasteiger partial charge >= 0.3 is 0 Å². The van der Waals surface area contributed by atoms with E-state index in [1.54, 1.807) is 0 Å². The van der Waals surface area contributed by atoms with Crippen LogP contribution in [0.5, 0.6) is 0 Å². The van der Waals surface area contributed by atoms with Crippen LogP contribution in [0.15, 0.2) is 6.07 Å². The minimum absolute atomic E-state index is 0.0516. The first-order valence-electron chi connectivity index (χ1n) is 3.91. The summed E-state index contributed by atoms with van der Waals surface area (Å²) in [5, 5.41) is 0.521. The van der Waals surface area contributed by atoms with Gasteiger partial charge in [0.1, 0.15) is 5.15 Å². The zero-order valence-electron chi connectivity index (χ0n) is 7.56. The van der Waals surface area contributed by atoms with Crippen molar-refractivity contribution in [1.82, 2.24) is 4.98 Å². The molecule has 12 heavy (non-hydrogen) atoms. The fourth-order valence-corrected chi connectivity index (χ4v) is 1.37. The number of nitrogens with zero attached hydrogens (tertiary/aromatic N) is 1. The molecule has 3 heteroatoms. The first kappa shape index (κ1) is 9.49. The van der Waals surface area contributed by atoms with E-state index in [1.165, 1.54) is 0 Å². The van der Waals surface area contributed by atoms with Crippen molar-refractivity contribution in [2.45, 2.75) is 26.8 Å². The Hall–Kier alpha value is -0.600. The predicted molar refractivity (Wildman–Crippen MR) is 51.3 cm³/mol. The number of aromatic nitrogens is 1. The molecule has 0 amide bonds. The summed E-state index contributed by atoms with van der Waals surface area (Å²) in [4.78, 5) is 4.18. The van der Waals surface area contributed by atoms with E-state index in [0.717, 1.165) is 16.8 Å². The highest BCUT2D eigenvalue weighted by molar-refractivity contribution is 6.30. The van der Waals surface area contributed by atoms with Crippen molar-refractivity contribution >= 4 is 11.6 Å². The lowest BCUT2D eigenvalue weighted by Gasteiger charge is -2.09. The van der Waals surface area contributed by atoms with Gasteiger partial charge in [-0.15, -0.1) is 0 Å². The van der Waals surface area contributed by atoms with Crippen LogP contribution in [0, 0.1) is 13.8 Å². The first-order chi connectivity index (χ1) is 5.52. The van der Waals surface area contributed by atoms with Crippen LogP contribution in [0.3, 0.4) is 0 Å². The number of rotatable bonds is 1. The van der Waals surface area contributed by atoms with Gasteiger partial charge in [0, 0.05) is 17.3 Å². The third-order valence-electron chi connectivity index (χ3n) is 1.94. The second kappa shape index (κ2) is 3.42. The Morgan fingerprint density at radius 2 is 2.08 bits per heavy atom. The molecular weight excluding hydrogens is 172 g/mol. The van der Waals surface area contributed by atoms with Crippen LogP contribution in [-0.4, -0.2) is 4.98 Å². The maximum absolute atomic E-state index is 5.91. The largest absolute Gasteiger partial charge is 0.324 e. The number of nitrogens with two attached hydrogens (primary N) is 1. The molecule has 0 spiro atoms. The van der Waals surface area contributed by atoms with Gasteiger partial charge in [0.25, 0.3) is 0 Å². The molecule has 1 atom stereocenters. The minimum Gasteiger partial charge on any atom is -0.324 e. The molecule has 0 aromatic carbocycles. The quantitative estimate of drug-likeness (QED) is 0.681. The van der Waals surface area contributed by atoms with Gasteiger partial charge in [-0.25, -0.2) is 4.98 Å². The van der Waals surface area contributed by atoms with Gasteiger partial charge in [-0.1, -0.05) is 11.6 Å². The SMILES string of the molecule is Cc1cc(C(C)N)c(Cl)nc1C. The van der Waals surface area contributed by atoms with Crippen molar-refractivity contribution in [2.75, 3.05) is 0 Å². The fraction of sp³-hybridized carbons (Fsp3) is 0.444. The van der Waals surface area contributed by atoms with Gasteiger partial charge in [-0.3, -0.25) is 0 Å². The molecule has 0 fully saturated rings. The molecule has 0 radical (unpaired) electrons. The van der Waals surface area contributed by atoms with E-state index >= 15 is 0 Å². The Morgan fingerprint density at radius 3 is 2.58 bits per heavy atom. The van der Waals surface area contributed by atoms with Crippen LogP contribution >= 0.6 is 11.6 Å². The van der Waals surface area contributed by atoms with E-state index in [1.807, 2.05) is 26.8 Å². The van der Waals surface area contributed by atoms with Crippen molar-refractivity contribution < 1.29 is 0 Å². The lowest BCUT2D eigenvalue weighted by molar-refractivity contribution is 0.807. The summed E-state index contributed by atoms with van der Waals surface area (Å²) in [6.07, 6.45) is 0. The molecule has 1 rings (SSSR count). The van der Waals surface area contributed by atoms with Crippen molar-refractivity contribution in [2.24, 2.45) is 5.73 Å². The molecule has 1 aromatic heterocycles. The van der Waals surface area contributed by atoms with E-state index in [-0.39, 0.29) is 6.04 Å². The van der Waals surface area contributed by atoms with Crippen molar-refractivity contribution in [3.8, 4) is 0 Å². The summed E-state index contributed by atoms with van der Waals surface area (Å²) in [5.74, 6) is 0. The zero-order chi connectivity index (χ0) is 9.30. The molecule has 1 unspecified atom stereocenters. The highest BCUT2D eigenvalue weighted by Gasteiger charge is 2.07. The fourth-order valence-electron chi connectivity index (χ4n) is 1.02. The molecule has 2 nitrogen and oxygen atoms in total. The molecule has 0 aliphatic heterocycles. The van der Waals surface area contributed by atoms with Crippen molar-refractivity contribution in [3.63, 3.8) is 0 Å². The molecule has 66 valence electrons. The molecule has 0 saturated heterocycles. The summed E-state index contributed by atoms with van der Waals surface area (Å²) in [6, 6.07) is 1.94. The molecule has 2 N–H and O–H groups in total. The van der Waals surface area contributed by atoms with E-state index in [4.69, 9.17) is 17.3 Å². The van der Waals surface area contributed by atoms with Gasteiger partial charge in [0.15, 0.2) is 0 Å². The van der Waals surface area contributed by atoms with E-state index < -0.39 is 0 Å². The summed E-state index contributed by atoms with van der Waals surface area (Å²) in [7, 11) is 0. The van der Waals surface area contributed by atoms with Crippen molar-refractivity contribution in [1.29, 1.82) is 0 Å². The zero-order valence-corrected chi connectivity index (χ0v) is 8.31. The monoisotopic (exact) mass is 184 g/mol. The molecule has 0 saturated carbocycles. The van der Waals surface area contributed by atoms with Gasteiger partial charge in [0.05, 0.1) is 0 Å². The van der Waals surface area contributed by atoms with Crippen LogP contribution in [-0.2, 0) is 0 Å². The third-order valence-corrected chi connectivity index (χ3v) is 2.24. The molecule has 1 heterocycles. The molecule has 1 aromatic rings. The summed E-state index contributed by atoms with van der Waals surface area (Å²) in [6.45, 7) is 5.84. The number of hydrogen-bond acceptors (Lipinski definition) is 2. The third kappa shape index (κ3) is 1.76. The van der Waals surface area contributed by atoms with Crippen LogP contribution in [0.25, 0.3) is 0 Å². The van der Waals surface area contributed by atoms with Gasteiger partial charge < -0.3 is 5.73 Å². The highest BCUT2D eigenvalue weighted by Crippen LogP contribution is 2.21. The normalized spacial score (nSPS) is 13.1. The summed E-state index contributed by atoms with van der Waals surface area (Å²) >= 11 is 5.91. The van der Waals surface area contributed by atoms with Gasteiger partial charge in [-0.05, 0) is 32.4 Å². The highest BCUT2D eigenvalue weighted by atomic mass is 35.5. The van der Waals surface area contributed by atoms with Crippen LogP contribution in [0.1, 0.15) is 29.8 Å². The van der Waals surface area contributed by atoms with Crippen LogP contribution in [0.2, 0.25) is 5.15 Å². The predicted octanol–water partition coefficient (Wildman–Crippen LogP) is 2.37. The Bertz CT molecular complexity index is 295. The lowest BCUT2D eigenvalue weighted by atomic mass is 10.1. The minimum atomic E-state index is -0.0516. The van der Waals surface area contributed by atoms with Crippen LogP contribution in [0.4, 0.5) is 0 Å². The molecule has 0 aliphatic rings. The number of aryl methyl sites for hydroxylation is 2. The Kier molecular flexibility index (Phi) is 2.70. The van der Waals surface area contributed by atoms with Crippen molar-refractivity contribution in [3.05, 3.63) is 28.0 Å². The summed E-state index contributed by atoms with van der Waals surface area (Å²) < 4.78 is 0. The van der Waals surface area contributed by atoms with Gasteiger partial charge in [0.2, 0.25) is 0 Å². The van der Waals surface area contributed by atoms with E-state index in [0.29, 0.717) is 5.15 Å². The van der Waals surface area contributed by atoms with Crippen LogP contribution < -0.4 is 5.73 Å². The lowest BCUT2D eigenvalue weighted by Crippen LogP contribution is -2.07. The van der Waals surface area contributed by atoms with E-state index in [2.05, 4.69) is 4.98 Å². The second-order valence-corrected chi connectivity index (χ2v) is 3.42. The molecular formula is C9H13ClN2. The Morgan fingerprint density at radius 1 is 1.50 bits per heavy atom. The topological polar surface area (TPSA) is 38.9 Å². The number of hydrogen-bond donors (Lipinski definition) is 1. The number of pyridine rings is 1. The average molecular weight is 185 g/mol. The first-order valence-corrected chi connectivity index (χ1v) is 4.29. The van der Waals surface area contributed by atoms with E-state index in [9.17, 15) is 0 Å². The maximum atomic E-state index is 5.91. The Labute approximate surface area is 77.8 Å². The van der Waals surface area contributed by atoms with Gasteiger partial charge in [-0.2, -0.15) is 0 Å². The molecule has 0 bridgehead atoms. The standard InChI is InChI=1S/C9H13ClN2/c1-5-4-8(6(2)11)9(10)12-7(5)3/h4,6H,11H2,1-3H3. The summed E-state index contributed by atoms with van der Waals surface area (Å²) in [5.41, 5.74) is 8.72. The maximum Gasteiger partial charge on any atom is 0.134 e. The molecule has 0 aliphatic carbocycles. The average Bonchev–Trinajstić information content (AvgIpc) is 1.96. The second-order valence-electron chi connectivity index (χ2n) is 3.06. The number of halogens is 1. The smallest absolute Gasteiger partial charge is 0.134 e. The Balaban J connectivity index is 3.23.